The topological polar surface area (TPSA) is 145 Å². The predicted molar refractivity (Wildman–Crippen MR) is 148 cm³/mol. The maximum atomic E-state index is 13.8. The van der Waals surface area contributed by atoms with Crippen molar-refractivity contribution in [2.45, 2.75) is 26.8 Å². The van der Waals surface area contributed by atoms with E-state index in [9.17, 15) is 19.5 Å². The number of rotatable bonds is 9. The normalized spacial score (nSPS) is 15.3. The van der Waals surface area contributed by atoms with Gasteiger partial charge in [0.2, 0.25) is 5.78 Å². The molecule has 12 heteroatoms. The Balaban J connectivity index is 1.61. The van der Waals surface area contributed by atoms with Crippen LogP contribution in [0.15, 0.2) is 53.8 Å². The molecule has 0 radical (unpaired) electrons. The molecule has 1 atom stereocenters. The smallest absolute Gasteiger partial charge is 0.296 e. The zero-order valence-corrected chi connectivity index (χ0v) is 22.9. The number of carbonyl (C=O) groups is 3. The van der Waals surface area contributed by atoms with Crippen molar-refractivity contribution >= 4 is 55.6 Å². The molecule has 0 fully saturated rings. The number of ether oxygens (including phenoxy) is 2. The largest absolute Gasteiger partial charge is 0.503 e. The number of aryl methyl sites for hydroxylation is 2. The molecule has 2 aromatic heterocycles. The number of fused-ring (bicyclic) bond motifs is 1. The van der Waals surface area contributed by atoms with E-state index in [2.05, 4.69) is 9.97 Å². The van der Waals surface area contributed by atoms with Crippen molar-refractivity contribution in [1.29, 1.82) is 0 Å². The van der Waals surface area contributed by atoms with Crippen LogP contribution in [-0.2, 0) is 9.59 Å². The van der Waals surface area contributed by atoms with Gasteiger partial charge in [-0.1, -0.05) is 23.5 Å². The maximum absolute atomic E-state index is 13.8. The summed E-state index contributed by atoms with van der Waals surface area (Å²) in [6.07, 6.45) is 0. The Labute approximate surface area is 231 Å². The number of benzene rings is 2. The molecule has 0 saturated heterocycles. The standard InChI is InChI=1S/C27H24N4O6S2/c1-4-36-17-9-10-18-19(11-17)39-27(30-18)31-22(15-5-7-16(8-6-15)37-12-20(28)32)21(24(34)26(31)35)23(33)25-13(2)29-14(3)38-25/h5-11,22,34H,4,12H2,1-3H3,(H2,28,32). The summed E-state index contributed by atoms with van der Waals surface area (Å²) in [6.45, 7) is 5.60. The van der Waals surface area contributed by atoms with Gasteiger partial charge in [0.25, 0.3) is 11.8 Å². The molecular weight excluding hydrogens is 540 g/mol. The summed E-state index contributed by atoms with van der Waals surface area (Å²) in [7, 11) is 0. The summed E-state index contributed by atoms with van der Waals surface area (Å²) < 4.78 is 11.7. The third kappa shape index (κ3) is 4.95. The molecule has 2 aromatic carbocycles. The van der Waals surface area contributed by atoms with Crippen molar-refractivity contribution in [2.75, 3.05) is 18.1 Å². The molecule has 10 nitrogen and oxygen atoms in total. The van der Waals surface area contributed by atoms with Crippen LogP contribution in [0.25, 0.3) is 10.2 Å². The number of primary amides is 1. The van der Waals surface area contributed by atoms with Crippen LogP contribution in [0.1, 0.15) is 38.9 Å². The van der Waals surface area contributed by atoms with Gasteiger partial charge in [0.05, 0.1) is 44.0 Å². The second-order valence-electron chi connectivity index (χ2n) is 8.70. The van der Waals surface area contributed by atoms with Crippen LogP contribution in [0.5, 0.6) is 11.5 Å². The van der Waals surface area contributed by atoms with E-state index in [0.29, 0.717) is 49.9 Å². The lowest BCUT2D eigenvalue weighted by molar-refractivity contribution is -0.120. The lowest BCUT2D eigenvalue weighted by Crippen LogP contribution is -2.31. The van der Waals surface area contributed by atoms with Gasteiger partial charge in [-0.2, -0.15) is 0 Å². The van der Waals surface area contributed by atoms with Crippen molar-refractivity contribution in [1.82, 2.24) is 9.97 Å². The van der Waals surface area contributed by atoms with Gasteiger partial charge in [-0.3, -0.25) is 19.3 Å². The number of hydrogen-bond donors (Lipinski definition) is 2. The summed E-state index contributed by atoms with van der Waals surface area (Å²) in [5, 5.41) is 12.1. The number of nitrogens with two attached hydrogens (primary N) is 1. The van der Waals surface area contributed by atoms with Gasteiger partial charge < -0.3 is 20.3 Å². The Morgan fingerprint density at radius 2 is 1.77 bits per heavy atom. The summed E-state index contributed by atoms with van der Waals surface area (Å²) in [6, 6.07) is 11.0. The van der Waals surface area contributed by atoms with E-state index in [1.807, 2.05) is 13.0 Å². The molecule has 5 rings (SSSR count). The zero-order valence-electron chi connectivity index (χ0n) is 21.3. The van der Waals surface area contributed by atoms with Crippen LogP contribution in [0.3, 0.4) is 0 Å². The Kier molecular flexibility index (Phi) is 7.06. The van der Waals surface area contributed by atoms with E-state index in [-0.39, 0.29) is 12.2 Å². The highest BCUT2D eigenvalue weighted by molar-refractivity contribution is 7.22. The molecule has 0 bridgehead atoms. The number of anilines is 1. The SMILES string of the molecule is CCOc1ccc2nc(N3C(=O)C(O)=C(C(=O)c4sc(C)nc4C)C3c3ccc(OCC(N)=O)cc3)sc2c1. The molecule has 1 aliphatic rings. The van der Waals surface area contributed by atoms with Crippen LogP contribution < -0.4 is 20.1 Å². The van der Waals surface area contributed by atoms with Crippen LogP contribution in [0.2, 0.25) is 0 Å². The number of carbonyl (C=O) groups excluding carboxylic acids is 3. The van der Waals surface area contributed by atoms with Gasteiger partial charge in [0.15, 0.2) is 17.5 Å². The van der Waals surface area contributed by atoms with E-state index < -0.39 is 29.4 Å². The van der Waals surface area contributed by atoms with Gasteiger partial charge >= 0.3 is 0 Å². The number of ketones is 1. The van der Waals surface area contributed by atoms with Crippen molar-refractivity contribution in [3.63, 3.8) is 0 Å². The first kappa shape index (κ1) is 26.3. The second kappa shape index (κ2) is 10.5. The van der Waals surface area contributed by atoms with Crippen molar-refractivity contribution in [3.8, 4) is 11.5 Å². The van der Waals surface area contributed by atoms with Gasteiger partial charge in [-0.15, -0.1) is 11.3 Å². The molecule has 200 valence electrons. The van der Waals surface area contributed by atoms with Crippen LogP contribution in [-0.4, -0.2) is 45.9 Å². The first-order chi connectivity index (χ1) is 18.7. The molecule has 1 unspecified atom stereocenters. The highest BCUT2D eigenvalue weighted by Gasteiger charge is 2.46. The number of thiazole rings is 2. The summed E-state index contributed by atoms with van der Waals surface area (Å²) in [4.78, 5) is 49.1. The minimum atomic E-state index is -0.969. The molecule has 0 spiro atoms. The molecule has 4 aromatic rings. The predicted octanol–water partition coefficient (Wildman–Crippen LogP) is 4.42. The lowest BCUT2D eigenvalue weighted by atomic mass is 9.95. The Morgan fingerprint density at radius 1 is 1.05 bits per heavy atom. The average Bonchev–Trinajstić information content (AvgIpc) is 3.55. The minimum absolute atomic E-state index is 0.0631. The Morgan fingerprint density at radius 3 is 2.41 bits per heavy atom. The number of aromatic nitrogens is 2. The number of Topliss-reactive ketones (excluding diaryl/α,β-unsaturated/α-hetero) is 1. The Hall–Kier alpha value is -4.29. The minimum Gasteiger partial charge on any atom is -0.503 e. The van der Waals surface area contributed by atoms with Gasteiger partial charge in [-0.05, 0) is 56.7 Å². The van der Waals surface area contributed by atoms with Gasteiger partial charge in [0, 0.05) is 0 Å². The van der Waals surface area contributed by atoms with Crippen LogP contribution >= 0.6 is 22.7 Å². The number of aliphatic hydroxyl groups excluding tert-OH is 1. The molecule has 3 N–H and O–H groups in total. The fourth-order valence-electron chi connectivity index (χ4n) is 4.37. The molecule has 3 heterocycles. The fourth-order valence-corrected chi connectivity index (χ4v) is 6.26. The van der Waals surface area contributed by atoms with Gasteiger partial charge in [-0.25, -0.2) is 9.97 Å². The first-order valence-corrected chi connectivity index (χ1v) is 13.6. The summed E-state index contributed by atoms with van der Waals surface area (Å²) >= 11 is 2.45. The van der Waals surface area contributed by atoms with E-state index in [0.717, 1.165) is 4.70 Å². The van der Waals surface area contributed by atoms with E-state index >= 15 is 0 Å². The first-order valence-electron chi connectivity index (χ1n) is 12.0. The van der Waals surface area contributed by atoms with Crippen molar-refractivity contribution in [3.05, 3.63) is 74.9 Å². The third-order valence-corrected chi connectivity index (χ3v) is 8.09. The average molecular weight is 565 g/mol. The number of hydrogen-bond acceptors (Lipinski definition) is 10. The lowest BCUT2D eigenvalue weighted by Gasteiger charge is -2.24. The quantitative estimate of drug-likeness (QED) is 0.284. The molecule has 2 amide bonds. The third-order valence-electron chi connectivity index (χ3n) is 6.01. The Bertz CT molecular complexity index is 1640. The number of aliphatic hydroxyl groups is 1. The number of nitrogens with zero attached hydrogens (tertiary/aromatic N) is 3. The monoisotopic (exact) mass is 564 g/mol. The van der Waals surface area contributed by atoms with Crippen molar-refractivity contribution in [2.24, 2.45) is 5.73 Å². The van der Waals surface area contributed by atoms with Crippen molar-refractivity contribution < 1.29 is 29.0 Å². The van der Waals surface area contributed by atoms with E-state index in [1.54, 1.807) is 50.2 Å². The fraction of sp³-hybridized carbons (Fsp3) is 0.222. The number of amides is 2. The molecule has 0 saturated carbocycles. The van der Waals surface area contributed by atoms with Crippen LogP contribution in [0.4, 0.5) is 5.13 Å². The van der Waals surface area contributed by atoms with Crippen LogP contribution in [0, 0.1) is 13.8 Å². The van der Waals surface area contributed by atoms with Gasteiger partial charge in [0.1, 0.15) is 11.5 Å². The highest BCUT2D eigenvalue weighted by atomic mass is 32.1. The maximum Gasteiger partial charge on any atom is 0.296 e. The zero-order chi connectivity index (χ0) is 27.8. The molecule has 39 heavy (non-hydrogen) atoms. The summed E-state index contributed by atoms with van der Waals surface area (Å²) in [5.74, 6) is -1.42. The molecule has 1 aliphatic heterocycles. The second-order valence-corrected chi connectivity index (χ2v) is 10.9. The molecular formula is C27H24N4O6S2. The molecule has 0 aliphatic carbocycles. The van der Waals surface area contributed by atoms with E-state index in [4.69, 9.17) is 15.2 Å². The highest BCUT2D eigenvalue weighted by Crippen LogP contribution is 2.45. The summed E-state index contributed by atoms with van der Waals surface area (Å²) in [5.41, 5.74) is 6.80. The van der Waals surface area contributed by atoms with E-state index in [1.165, 1.54) is 27.6 Å².